The molecule has 7 heteroatoms. The van der Waals surface area contributed by atoms with E-state index in [9.17, 15) is 12.8 Å². The molecule has 19 heavy (non-hydrogen) atoms. The topological polar surface area (TPSA) is 95.4 Å². The van der Waals surface area contributed by atoms with Gasteiger partial charge in [-0.3, -0.25) is 0 Å². The molecular formula is C12H11FN2O3S. The van der Waals surface area contributed by atoms with E-state index in [2.05, 4.69) is 0 Å². The lowest BCUT2D eigenvalue weighted by molar-refractivity contribution is 0.486. The Balaban J connectivity index is 2.30. The molecule has 4 N–H and O–H groups in total. The Morgan fingerprint density at radius 3 is 2.16 bits per heavy atom. The average Bonchev–Trinajstić information content (AvgIpc) is 2.34. The molecule has 0 aromatic heterocycles. The Morgan fingerprint density at radius 1 is 0.947 bits per heavy atom. The van der Waals surface area contributed by atoms with Crippen molar-refractivity contribution in [2.24, 2.45) is 0 Å². The van der Waals surface area contributed by atoms with E-state index in [-0.39, 0.29) is 16.3 Å². The van der Waals surface area contributed by atoms with Crippen LogP contribution < -0.4 is 15.7 Å². The van der Waals surface area contributed by atoms with Gasteiger partial charge in [0.2, 0.25) is 0 Å². The van der Waals surface area contributed by atoms with E-state index < -0.39 is 15.9 Å². The number of hydrogen-bond acceptors (Lipinski definition) is 5. The van der Waals surface area contributed by atoms with Crippen LogP contribution in [0.3, 0.4) is 0 Å². The highest BCUT2D eigenvalue weighted by Gasteiger charge is 2.16. The molecule has 5 nitrogen and oxygen atoms in total. The monoisotopic (exact) mass is 282 g/mol. The van der Waals surface area contributed by atoms with Gasteiger partial charge in [-0.2, -0.15) is 8.42 Å². The third kappa shape index (κ3) is 2.94. The van der Waals surface area contributed by atoms with Gasteiger partial charge in [-0.25, -0.2) is 4.39 Å². The Hall–Kier alpha value is -2.28. The molecule has 100 valence electrons. The second-order valence-corrected chi connectivity index (χ2v) is 5.33. The van der Waals surface area contributed by atoms with E-state index in [1.54, 1.807) is 0 Å². The number of rotatable bonds is 3. The van der Waals surface area contributed by atoms with Gasteiger partial charge in [0.1, 0.15) is 16.5 Å². The second kappa shape index (κ2) is 4.77. The normalized spacial score (nSPS) is 11.2. The van der Waals surface area contributed by atoms with Gasteiger partial charge in [0, 0.05) is 6.07 Å². The number of benzene rings is 2. The van der Waals surface area contributed by atoms with Crippen LogP contribution in [0.2, 0.25) is 0 Å². The van der Waals surface area contributed by atoms with Gasteiger partial charge in [-0.05, 0) is 36.4 Å². The third-order valence-electron chi connectivity index (χ3n) is 2.37. The molecule has 0 unspecified atom stereocenters. The van der Waals surface area contributed by atoms with Crippen molar-refractivity contribution in [1.82, 2.24) is 0 Å². The Labute approximate surface area is 109 Å². The summed E-state index contributed by atoms with van der Waals surface area (Å²) in [5.41, 5.74) is 11.6. The molecule has 0 aliphatic carbocycles. The summed E-state index contributed by atoms with van der Waals surface area (Å²) in [5.74, 6) is -0.494. The lowest BCUT2D eigenvalue weighted by atomic mass is 10.3. The van der Waals surface area contributed by atoms with Gasteiger partial charge >= 0.3 is 10.1 Å². The van der Waals surface area contributed by atoms with Crippen LogP contribution in [0, 0.1) is 5.82 Å². The Bertz CT molecular complexity index is 699. The fourth-order valence-electron chi connectivity index (χ4n) is 1.38. The first-order valence-corrected chi connectivity index (χ1v) is 6.64. The maximum absolute atomic E-state index is 12.7. The highest BCUT2D eigenvalue weighted by molar-refractivity contribution is 7.87. The van der Waals surface area contributed by atoms with E-state index in [0.29, 0.717) is 5.69 Å². The van der Waals surface area contributed by atoms with Gasteiger partial charge in [0.15, 0.2) is 0 Å². The summed E-state index contributed by atoms with van der Waals surface area (Å²) in [5, 5.41) is 0. The van der Waals surface area contributed by atoms with Crippen LogP contribution >= 0.6 is 0 Å². The van der Waals surface area contributed by atoms with E-state index in [1.165, 1.54) is 18.2 Å². The molecule has 0 fully saturated rings. The minimum absolute atomic E-state index is 0.0380. The van der Waals surface area contributed by atoms with Gasteiger partial charge < -0.3 is 15.7 Å². The van der Waals surface area contributed by atoms with E-state index >= 15 is 0 Å². The smallest absolute Gasteiger partial charge is 0.339 e. The zero-order valence-electron chi connectivity index (χ0n) is 9.71. The summed E-state index contributed by atoms with van der Waals surface area (Å²) < 4.78 is 41.4. The molecule has 0 amide bonds. The summed E-state index contributed by atoms with van der Waals surface area (Å²) in [6.45, 7) is 0. The molecule has 2 rings (SSSR count). The predicted molar refractivity (Wildman–Crippen MR) is 69.5 cm³/mol. The summed E-state index contributed by atoms with van der Waals surface area (Å²) in [4.78, 5) is -0.149. The maximum Gasteiger partial charge on any atom is 0.339 e. The van der Waals surface area contributed by atoms with E-state index in [0.717, 1.165) is 24.3 Å². The van der Waals surface area contributed by atoms with Crippen LogP contribution in [0.15, 0.2) is 47.4 Å². The van der Waals surface area contributed by atoms with Crippen molar-refractivity contribution in [3.8, 4) is 5.75 Å². The van der Waals surface area contributed by atoms with Crippen LogP contribution in [-0.4, -0.2) is 8.42 Å². The quantitative estimate of drug-likeness (QED) is 0.660. The van der Waals surface area contributed by atoms with Crippen LogP contribution in [0.1, 0.15) is 0 Å². The number of halogens is 1. The van der Waals surface area contributed by atoms with Gasteiger partial charge in [0.25, 0.3) is 0 Å². The summed E-state index contributed by atoms with van der Waals surface area (Å²) in [6, 6.07) is 8.42. The maximum atomic E-state index is 12.7. The van der Waals surface area contributed by atoms with E-state index in [1.807, 2.05) is 0 Å². The molecule has 0 saturated carbocycles. The van der Waals surface area contributed by atoms with Gasteiger partial charge in [-0.15, -0.1) is 0 Å². The minimum atomic E-state index is -4.02. The lowest BCUT2D eigenvalue weighted by Crippen LogP contribution is -2.10. The molecule has 0 aliphatic rings. The zero-order valence-corrected chi connectivity index (χ0v) is 10.5. The first kappa shape index (κ1) is 13.2. The Morgan fingerprint density at radius 2 is 1.58 bits per heavy atom. The SMILES string of the molecule is Nc1ccc(OS(=O)(=O)c2ccc(F)cc2)cc1N. The largest absolute Gasteiger partial charge is 0.397 e. The van der Waals surface area contributed by atoms with Crippen molar-refractivity contribution in [3.63, 3.8) is 0 Å². The third-order valence-corrected chi connectivity index (χ3v) is 3.63. The fraction of sp³-hybridized carbons (Fsp3) is 0. The van der Waals surface area contributed by atoms with Crippen LogP contribution in [0.25, 0.3) is 0 Å². The molecule has 0 bridgehead atoms. The molecule has 0 aliphatic heterocycles. The molecule has 0 saturated heterocycles. The summed E-state index contributed by atoms with van der Waals surface area (Å²) >= 11 is 0. The van der Waals surface area contributed by atoms with Crippen LogP contribution in [-0.2, 0) is 10.1 Å². The first-order valence-electron chi connectivity index (χ1n) is 5.23. The fourth-order valence-corrected chi connectivity index (χ4v) is 2.30. The highest BCUT2D eigenvalue weighted by Crippen LogP contribution is 2.24. The molecule has 0 heterocycles. The van der Waals surface area contributed by atoms with Gasteiger partial charge in [-0.1, -0.05) is 0 Å². The molecule has 0 spiro atoms. The lowest BCUT2D eigenvalue weighted by Gasteiger charge is -2.08. The average molecular weight is 282 g/mol. The number of anilines is 2. The summed E-state index contributed by atoms with van der Waals surface area (Å²) in [6.07, 6.45) is 0. The number of nitrogens with two attached hydrogens (primary N) is 2. The summed E-state index contributed by atoms with van der Waals surface area (Å²) in [7, 11) is -4.02. The Kier molecular flexibility index (Phi) is 3.30. The van der Waals surface area contributed by atoms with Crippen molar-refractivity contribution in [2.45, 2.75) is 4.90 Å². The van der Waals surface area contributed by atoms with Crippen LogP contribution in [0.5, 0.6) is 5.75 Å². The molecule has 2 aromatic carbocycles. The van der Waals surface area contributed by atoms with Crippen molar-refractivity contribution in [2.75, 3.05) is 11.5 Å². The van der Waals surface area contributed by atoms with Crippen LogP contribution in [0.4, 0.5) is 15.8 Å². The van der Waals surface area contributed by atoms with Crippen molar-refractivity contribution in [3.05, 3.63) is 48.3 Å². The minimum Gasteiger partial charge on any atom is -0.397 e. The predicted octanol–water partition coefficient (Wildman–Crippen LogP) is 1.76. The standard InChI is InChI=1S/C12H11FN2O3S/c13-8-1-4-10(5-2-8)19(16,17)18-9-3-6-11(14)12(15)7-9/h1-7H,14-15H2. The second-order valence-electron chi connectivity index (χ2n) is 3.78. The molecule has 2 aromatic rings. The first-order chi connectivity index (χ1) is 8.88. The van der Waals surface area contributed by atoms with Crippen molar-refractivity contribution >= 4 is 21.5 Å². The molecular weight excluding hydrogens is 271 g/mol. The highest BCUT2D eigenvalue weighted by atomic mass is 32.2. The van der Waals surface area contributed by atoms with Crippen molar-refractivity contribution < 1.29 is 17.0 Å². The number of hydrogen-bond donors (Lipinski definition) is 2. The zero-order chi connectivity index (χ0) is 14.0. The molecule has 0 radical (unpaired) electrons. The van der Waals surface area contributed by atoms with Gasteiger partial charge in [0.05, 0.1) is 11.4 Å². The van der Waals surface area contributed by atoms with Crippen molar-refractivity contribution in [1.29, 1.82) is 0 Å². The molecule has 0 atom stereocenters. The number of nitrogen functional groups attached to an aromatic ring is 2. The van der Waals surface area contributed by atoms with E-state index in [4.69, 9.17) is 15.7 Å².